The van der Waals surface area contributed by atoms with Gasteiger partial charge in [0, 0.05) is 60.8 Å². The maximum Gasteiger partial charge on any atom is 0.255 e. The second kappa shape index (κ2) is 7.38. The van der Waals surface area contributed by atoms with Crippen molar-refractivity contribution >= 4 is 11.9 Å². The third kappa shape index (κ3) is 3.18. The van der Waals surface area contributed by atoms with E-state index in [1.165, 1.54) is 5.69 Å². The van der Waals surface area contributed by atoms with Crippen molar-refractivity contribution in [1.29, 1.82) is 5.26 Å². The quantitative estimate of drug-likeness (QED) is 0.620. The molecule has 0 aromatic carbocycles. The molecule has 3 aromatic heterocycles. The Labute approximate surface area is 197 Å². The van der Waals surface area contributed by atoms with Gasteiger partial charge >= 0.3 is 0 Å². The van der Waals surface area contributed by atoms with E-state index in [1.54, 1.807) is 23.4 Å². The van der Waals surface area contributed by atoms with E-state index >= 15 is 0 Å². The Morgan fingerprint density at radius 2 is 2.21 bits per heavy atom. The van der Waals surface area contributed by atoms with Crippen molar-refractivity contribution < 1.29 is 4.79 Å². The number of nitrogens with one attached hydrogen (secondary N) is 1. The van der Waals surface area contributed by atoms with Crippen LogP contribution < -0.4 is 10.2 Å². The molecular weight excluding hydrogens is 430 g/mol. The monoisotopic (exact) mass is 457 g/mol. The summed E-state index contributed by atoms with van der Waals surface area (Å²) in [5, 5.41) is 16.7. The van der Waals surface area contributed by atoms with Crippen LogP contribution in [-0.4, -0.2) is 48.3 Å². The van der Waals surface area contributed by atoms with Gasteiger partial charge in [0.25, 0.3) is 5.91 Å². The lowest BCUT2D eigenvalue weighted by atomic mass is 10.1. The summed E-state index contributed by atoms with van der Waals surface area (Å²) < 4.78 is 3.76. The van der Waals surface area contributed by atoms with E-state index in [2.05, 4.69) is 38.3 Å². The van der Waals surface area contributed by atoms with Crippen LogP contribution in [0.2, 0.25) is 0 Å². The van der Waals surface area contributed by atoms with E-state index in [9.17, 15) is 10.1 Å². The Morgan fingerprint density at radius 1 is 1.35 bits per heavy atom. The molecule has 6 rings (SSSR count). The van der Waals surface area contributed by atoms with Crippen molar-refractivity contribution in [3.05, 3.63) is 53.1 Å². The number of carbonyl (C=O) groups is 1. The Bertz CT molecular complexity index is 1330. The SMILES string of the molecule is Cc1nc(N2C[C@H]3[C@@H](C#N)C3(C)C2)ncc1Cn1cc(C(=O)N[C@@H]2CCc3c2ncn3C)cn1. The maximum atomic E-state index is 12.8. The maximum absolute atomic E-state index is 12.8. The van der Waals surface area contributed by atoms with Gasteiger partial charge in [-0.2, -0.15) is 10.4 Å². The topological polar surface area (TPSA) is 118 Å². The van der Waals surface area contributed by atoms with Gasteiger partial charge < -0.3 is 14.8 Å². The molecule has 2 fully saturated rings. The largest absolute Gasteiger partial charge is 0.343 e. The van der Waals surface area contributed by atoms with Gasteiger partial charge in [0.1, 0.15) is 0 Å². The molecule has 4 heterocycles. The number of rotatable bonds is 5. The van der Waals surface area contributed by atoms with E-state index in [-0.39, 0.29) is 23.3 Å². The van der Waals surface area contributed by atoms with Crippen molar-refractivity contribution in [2.75, 3.05) is 18.0 Å². The number of nitrogens with zero attached hydrogens (tertiary/aromatic N) is 8. The summed E-state index contributed by atoms with van der Waals surface area (Å²) in [6, 6.07) is 2.37. The van der Waals surface area contributed by atoms with Gasteiger partial charge in [-0.3, -0.25) is 9.48 Å². The van der Waals surface area contributed by atoms with E-state index in [0.29, 0.717) is 18.0 Å². The fraction of sp³-hybridized carbons (Fsp3) is 0.500. The second-order valence-corrected chi connectivity index (χ2v) is 10.1. The van der Waals surface area contributed by atoms with Crippen molar-refractivity contribution in [2.24, 2.45) is 24.3 Å². The summed E-state index contributed by atoms with van der Waals surface area (Å²) in [5.41, 5.74) is 4.60. The van der Waals surface area contributed by atoms with Gasteiger partial charge in [-0.05, 0) is 19.8 Å². The van der Waals surface area contributed by atoms with Crippen LogP contribution in [0.15, 0.2) is 24.9 Å². The molecule has 1 N–H and O–H groups in total. The summed E-state index contributed by atoms with van der Waals surface area (Å²) in [7, 11) is 1.98. The van der Waals surface area contributed by atoms with Crippen LogP contribution in [0.4, 0.5) is 5.95 Å². The summed E-state index contributed by atoms with van der Waals surface area (Å²) in [6.45, 7) is 6.31. The smallest absolute Gasteiger partial charge is 0.255 e. The van der Waals surface area contributed by atoms with Crippen molar-refractivity contribution in [1.82, 2.24) is 34.6 Å². The van der Waals surface area contributed by atoms with E-state index in [4.69, 9.17) is 4.98 Å². The Balaban J connectivity index is 1.10. The van der Waals surface area contributed by atoms with Gasteiger partial charge in [-0.25, -0.2) is 15.0 Å². The van der Waals surface area contributed by atoms with Gasteiger partial charge in [0.15, 0.2) is 0 Å². The number of hydrogen-bond donors (Lipinski definition) is 1. The summed E-state index contributed by atoms with van der Waals surface area (Å²) in [6.07, 6.45) is 8.77. The number of carbonyl (C=O) groups excluding carboxylic acids is 1. The third-order valence-corrected chi connectivity index (χ3v) is 7.91. The number of fused-ring (bicyclic) bond motifs is 2. The zero-order chi connectivity index (χ0) is 23.6. The lowest BCUT2D eigenvalue weighted by Crippen LogP contribution is -2.28. The standard InChI is InChI=1S/C24H27N9O/c1-14-15(7-26-23(29-14)32-11-18-17(6-25)24(18,2)12-32)9-33-10-16(8-28-33)22(34)30-19-4-5-20-21(19)27-13-31(20)3/h7-8,10,13,17-19H,4-5,9,11-12H2,1-3H3,(H,30,34)/t17-,18+,19-,24?/m1/s1. The molecule has 10 heteroatoms. The first-order valence-electron chi connectivity index (χ1n) is 11.7. The lowest BCUT2D eigenvalue weighted by molar-refractivity contribution is 0.0936. The average molecular weight is 458 g/mol. The highest BCUT2D eigenvalue weighted by atomic mass is 16.1. The first kappa shape index (κ1) is 20.8. The molecular formula is C24H27N9O. The molecule has 4 atom stereocenters. The Morgan fingerprint density at radius 3 is 2.94 bits per heavy atom. The summed E-state index contributed by atoms with van der Waals surface area (Å²) in [4.78, 5) is 28.7. The van der Waals surface area contributed by atoms with Crippen molar-refractivity contribution in [3.63, 3.8) is 0 Å². The molecule has 0 spiro atoms. The number of imidazole rings is 1. The average Bonchev–Trinajstić information content (AvgIpc) is 3.40. The molecule has 1 saturated heterocycles. The van der Waals surface area contributed by atoms with Crippen LogP contribution in [0.3, 0.4) is 0 Å². The molecule has 3 aromatic rings. The van der Waals surface area contributed by atoms with Gasteiger partial charge in [0.2, 0.25) is 5.95 Å². The Kier molecular flexibility index (Phi) is 4.52. The predicted molar refractivity (Wildman–Crippen MR) is 123 cm³/mol. The molecule has 1 saturated carbocycles. The van der Waals surface area contributed by atoms with Crippen molar-refractivity contribution in [3.8, 4) is 6.07 Å². The van der Waals surface area contributed by atoms with E-state index in [0.717, 1.165) is 48.8 Å². The lowest BCUT2D eigenvalue weighted by Gasteiger charge is -2.21. The second-order valence-electron chi connectivity index (χ2n) is 10.1. The van der Waals surface area contributed by atoms with Crippen LogP contribution >= 0.6 is 0 Å². The van der Waals surface area contributed by atoms with Gasteiger partial charge in [-0.15, -0.1) is 0 Å². The molecule has 0 bridgehead atoms. The van der Waals surface area contributed by atoms with E-state index < -0.39 is 0 Å². The number of amides is 1. The molecule has 1 aliphatic heterocycles. The molecule has 1 unspecified atom stereocenters. The number of aromatic nitrogens is 6. The van der Waals surface area contributed by atoms with Crippen LogP contribution in [0, 0.1) is 35.5 Å². The number of aryl methyl sites for hydroxylation is 2. The third-order valence-electron chi connectivity index (χ3n) is 7.91. The molecule has 10 nitrogen and oxygen atoms in total. The number of nitriles is 1. The zero-order valence-electron chi connectivity index (χ0n) is 19.6. The van der Waals surface area contributed by atoms with Gasteiger partial charge in [0.05, 0.1) is 48.4 Å². The fourth-order valence-corrected chi connectivity index (χ4v) is 5.69. The molecule has 1 amide bonds. The normalized spacial score (nSPS) is 26.8. The minimum absolute atomic E-state index is 0.0578. The highest BCUT2D eigenvalue weighted by molar-refractivity contribution is 5.94. The van der Waals surface area contributed by atoms with Crippen LogP contribution in [0.25, 0.3) is 0 Å². The van der Waals surface area contributed by atoms with E-state index in [1.807, 2.05) is 24.7 Å². The number of piperidine rings is 1. The molecule has 0 radical (unpaired) electrons. The molecule has 2 aliphatic carbocycles. The van der Waals surface area contributed by atoms with Gasteiger partial charge in [-0.1, -0.05) is 6.92 Å². The fourth-order valence-electron chi connectivity index (χ4n) is 5.69. The van der Waals surface area contributed by atoms with Crippen molar-refractivity contribution in [2.45, 2.75) is 39.3 Å². The first-order valence-corrected chi connectivity index (χ1v) is 11.7. The molecule has 3 aliphatic rings. The zero-order valence-corrected chi connectivity index (χ0v) is 19.6. The Hall–Kier alpha value is -3.74. The summed E-state index contributed by atoms with van der Waals surface area (Å²) in [5.74, 6) is 1.16. The van der Waals surface area contributed by atoms with Crippen LogP contribution in [0.1, 0.15) is 52.4 Å². The van der Waals surface area contributed by atoms with Crippen LogP contribution in [-0.2, 0) is 20.0 Å². The highest BCUT2D eigenvalue weighted by Gasteiger charge is 2.66. The molecule has 34 heavy (non-hydrogen) atoms. The summed E-state index contributed by atoms with van der Waals surface area (Å²) >= 11 is 0. The van der Waals surface area contributed by atoms with Crippen LogP contribution in [0.5, 0.6) is 0 Å². The number of hydrogen-bond acceptors (Lipinski definition) is 7. The predicted octanol–water partition coefficient (Wildman–Crippen LogP) is 1.78. The minimum Gasteiger partial charge on any atom is -0.343 e. The number of anilines is 1. The molecule has 174 valence electrons. The minimum atomic E-state index is -0.144. The first-order chi connectivity index (χ1) is 16.4. The highest BCUT2D eigenvalue weighted by Crippen LogP contribution is 2.62.